The van der Waals surface area contributed by atoms with Gasteiger partial charge in [0.05, 0.1) is 23.7 Å². The Hall–Kier alpha value is -3.13. The van der Waals surface area contributed by atoms with Gasteiger partial charge in [-0.3, -0.25) is 9.69 Å². The zero-order valence-corrected chi connectivity index (χ0v) is 19.6. The van der Waals surface area contributed by atoms with Crippen LogP contribution in [0.5, 0.6) is 5.75 Å². The van der Waals surface area contributed by atoms with Gasteiger partial charge in [-0.1, -0.05) is 30.3 Å². The number of benzene rings is 2. The Morgan fingerprint density at radius 3 is 2.48 bits per heavy atom. The van der Waals surface area contributed by atoms with E-state index >= 15 is 0 Å². The fourth-order valence-electron chi connectivity index (χ4n) is 4.36. The number of ether oxygens (including phenoxy) is 1. The van der Waals surface area contributed by atoms with Crippen LogP contribution in [0.3, 0.4) is 0 Å². The van der Waals surface area contributed by atoms with Crippen molar-refractivity contribution in [3.63, 3.8) is 0 Å². The maximum absolute atomic E-state index is 13.1. The molecule has 33 heavy (non-hydrogen) atoms. The number of carbonyl (C=O) groups is 1. The summed E-state index contributed by atoms with van der Waals surface area (Å²) in [6, 6.07) is 19.6. The molecule has 2 aromatic heterocycles. The Kier molecular flexibility index (Phi) is 6.17. The molecule has 3 heterocycles. The molecule has 0 saturated carbocycles. The summed E-state index contributed by atoms with van der Waals surface area (Å²) in [6.07, 6.45) is 0. The topological polar surface area (TPSA) is 58.0 Å². The Balaban J connectivity index is 1.62. The lowest BCUT2D eigenvalue weighted by molar-refractivity contribution is 0.102. The Bertz CT molecular complexity index is 1230. The Morgan fingerprint density at radius 1 is 1.03 bits per heavy atom. The fourth-order valence-corrected chi connectivity index (χ4v) is 4.98. The number of piperazine rings is 1. The molecule has 0 aliphatic carbocycles. The highest BCUT2D eigenvalue weighted by Gasteiger charge is 2.32. The second-order valence-electron chi connectivity index (χ2n) is 8.28. The van der Waals surface area contributed by atoms with Gasteiger partial charge in [0, 0.05) is 31.6 Å². The first-order valence-corrected chi connectivity index (χ1v) is 11.9. The average molecular weight is 462 g/mol. The van der Waals surface area contributed by atoms with E-state index in [0.717, 1.165) is 59.9 Å². The van der Waals surface area contributed by atoms with Crippen molar-refractivity contribution in [1.82, 2.24) is 9.80 Å². The number of nitrogens with zero attached hydrogens (tertiary/aromatic N) is 2. The number of carbonyl (C=O) groups excluding carboxylic acids is 1. The molecule has 0 spiro atoms. The molecule has 1 saturated heterocycles. The number of furan rings is 1. The lowest BCUT2D eigenvalue weighted by atomic mass is 9.99. The fraction of sp³-hybridized carbons (Fsp3) is 0.269. The zero-order valence-electron chi connectivity index (χ0n) is 18.8. The van der Waals surface area contributed by atoms with Crippen LogP contribution in [0.1, 0.15) is 27.0 Å². The highest BCUT2D eigenvalue weighted by Crippen LogP contribution is 2.41. The van der Waals surface area contributed by atoms with Gasteiger partial charge in [-0.2, -0.15) is 0 Å². The smallest absolute Gasteiger partial charge is 0.265 e. The van der Waals surface area contributed by atoms with Crippen molar-refractivity contribution in [2.24, 2.45) is 0 Å². The minimum absolute atomic E-state index is 0.121. The number of nitrogens with one attached hydrogen (secondary N) is 1. The molecule has 2 aromatic carbocycles. The number of anilines is 1. The summed E-state index contributed by atoms with van der Waals surface area (Å²) in [7, 11) is 3.82. The monoisotopic (exact) mass is 461 g/mol. The van der Waals surface area contributed by atoms with Crippen LogP contribution in [0.2, 0.25) is 0 Å². The summed E-state index contributed by atoms with van der Waals surface area (Å²) in [5, 5.41) is 5.99. The van der Waals surface area contributed by atoms with Gasteiger partial charge in [-0.05, 0) is 48.3 Å². The number of likely N-dealkylation sites (N-methyl/N-ethyl adjacent to an activating group) is 1. The molecule has 1 aliphatic heterocycles. The molecule has 5 rings (SSSR count). The van der Waals surface area contributed by atoms with Crippen molar-refractivity contribution >= 4 is 33.9 Å². The quantitative estimate of drug-likeness (QED) is 0.433. The first kappa shape index (κ1) is 21.7. The minimum atomic E-state index is -0.129. The molecule has 1 fully saturated rings. The minimum Gasteiger partial charge on any atom is -0.497 e. The van der Waals surface area contributed by atoms with E-state index in [4.69, 9.17) is 9.15 Å². The molecule has 1 N–H and O–H groups in total. The van der Waals surface area contributed by atoms with Crippen LogP contribution in [0.25, 0.3) is 11.0 Å². The standard InChI is InChI=1S/C26H27N3O3S/c1-28-13-15-29(16-14-28)24(18-9-11-19(31-2)12-10-18)25-23(20-6-3-4-7-21(20)32-25)27-26(30)22-8-5-17-33-22/h3-12,17,24H,13-16H2,1-2H3,(H,27,30)/t24-/m1/s1. The van der Waals surface area contributed by atoms with E-state index in [2.05, 4.69) is 34.3 Å². The van der Waals surface area contributed by atoms with Crippen molar-refractivity contribution in [2.75, 3.05) is 45.7 Å². The number of hydrogen-bond acceptors (Lipinski definition) is 6. The summed E-state index contributed by atoms with van der Waals surface area (Å²) < 4.78 is 11.9. The second-order valence-corrected chi connectivity index (χ2v) is 9.23. The van der Waals surface area contributed by atoms with Crippen LogP contribution in [0, 0.1) is 0 Å². The van der Waals surface area contributed by atoms with E-state index in [-0.39, 0.29) is 11.9 Å². The summed E-state index contributed by atoms with van der Waals surface area (Å²) in [5.41, 5.74) is 2.61. The summed E-state index contributed by atoms with van der Waals surface area (Å²) >= 11 is 1.43. The molecular formula is C26H27N3O3S. The first-order chi connectivity index (χ1) is 16.1. The second kappa shape index (κ2) is 9.39. The maximum atomic E-state index is 13.1. The van der Waals surface area contributed by atoms with E-state index < -0.39 is 0 Å². The third-order valence-electron chi connectivity index (χ3n) is 6.19. The number of hydrogen-bond donors (Lipinski definition) is 1. The average Bonchev–Trinajstić information content (AvgIpc) is 3.50. The molecule has 7 heteroatoms. The van der Waals surface area contributed by atoms with Crippen molar-refractivity contribution in [3.05, 3.63) is 82.2 Å². The summed E-state index contributed by atoms with van der Waals surface area (Å²) in [4.78, 5) is 18.5. The third-order valence-corrected chi connectivity index (χ3v) is 7.06. The molecule has 0 radical (unpaired) electrons. The molecule has 0 bridgehead atoms. The van der Waals surface area contributed by atoms with Crippen molar-refractivity contribution in [2.45, 2.75) is 6.04 Å². The van der Waals surface area contributed by atoms with Gasteiger partial charge in [0.1, 0.15) is 17.1 Å². The normalized spacial score (nSPS) is 16.1. The van der Waals surface area contributed by atoms with Crippen LogP contribution in [-0.4, -0.2) is 56.0 Å². The van der Waals surface area contributed by atoms with Crippen LogP contribution >= 0.6 is 11.3 Å². The number of fused-ring (bicyclic) bond motifs is 1. The molecule has 1 aliphatic rings. The summed E-state index contributed by atoms with van der Waals surface area (Å²) in [6.45, 7) is 3.76. The molecule has 6 nitrogen and oxygen atoms in total. The largest absolute Gasteiger partial charge is 0.497 e. The van der Waals surface area contributed by atoms with Crippen LogP contribution in [-0.2, 0) is 0 Å². The predicted molar refractivity (Wildman–Crippen MR) is 132 cm³/mol. The number of thiophene rings is 1. The van der Waals surface area contributed by atoms with E-state index in [1.54, 1.807) is 7.11 Å². The van der Waals surface area contributed by atoms with Gasteiger partial charge < -0.3 is 19.4 Å². The molecule has 0 unspecified atom stereocenters. The first-order valence-electron chi connectivity index (χ1n) is 11.1. The molecule has 1 atom stereocenters. The number of amides is 1. The van der Waals surface area contributed by atoms with Gasteiger partial charge in [0.25, 0.3) is 5.91 Å². The molecule has 170 valence electrons. The lowest BCUT2D eigenvalue weighted by Crippen LogP contribution is -2.46. The number of methoxy groups -OCH3 is 1. The van der Waals surface area contributed by atoms with Gasteiger partial charge in [-0.15, -0.1) is 11.3 Å². The predicted octanol–water partition coefficient (Wildman–Crippen LogP) is 5.09. The third kappa shape index (κ3) is 4.39. The Morgan fingerprint density at radius 2 is 1.79 bits per heavy atom. The van der Waals surface area contributed by atoms with Crippen molar-refractivity contribution in [1.29, 1.82) is 0 Å². The van der Waals surface area contributed by atoms with Gasteiger partial charge >= 0.3 is 0 Å². The highest BCUT2D eigenvalue weighted by molar-refractivity contribution is 7.12. The maximum Gasteiger partial charge on any atom is 0.265 e. The summed E-state index contributed by atoms with van der Waals surface area (Å²) in [5.74, 6) is 1.45. The highest BCUT2D eigenvalue weighted by atomic mass is 32.1. The van der Waals surface area contributed by atoms with E-state index in [1.807, 2.05) is 53.9 Å². The molecular weight excluding hydrogens is 434 g/mol. The van der Waals surface area contributed by atoms with Crippen LogP contribution in [0.15, 0.2) is 70.5 Å². The molecule has 4 aromatic rings. The van der Waals surface area contributed by atoms with E-state index in [0.29, 0.717) is 4.88 Å². The SMILES string of the molecule is COc1ccc([C@H](c2oc3ccccc3c2NC(=O)c2cccs2)N2CCN(C)CC2)cc1. The zero-order chi connectivity index (χ0) is 22.8. The van der Waals surface area contributed by atoms with Crippen molar-refractivity contribution < 1.29 is 13.9 Å². The lowest BCUT2D eigenvalue weighted by Gasteiger charge is -2.37. The van der Waals surface area contributed by atoms with E-state index in [9.17, 15) is 4.79 Å². The van der Waals surface area contributed by atoms with Crippen LogP contribution in [0.4, 0.5) is 5.69 Å². The van der Waals surface area contributed by atoms with Crippen molar-refractivity contribution in [3.8, 4) is 5.75 Å². The Labute approximate surface area is 197 Å². The van der Waals surface area contributed by atoms with Crippen LogP contribution < -0.4 is 10.1 Å². The van der Waals surface area contributed by atoms with Gasteiger partial charge in [-0.25, -0.2) is 0 Å². The van der Waals surface area contributed by atoms with Gasteiger partial charge in [0.2, 0.25) is 0 Å². The van der Waals surface area contributed by atoms with Gasteiger partial charge in [0.15, 0.2) is 0 Å². The number of rotatable bonds is 6. The van der Waals surface area contributed by atoms with E-state index in [1.165, 1.54) is 11.3 Å². The molecule has 1 amide bonds. The number of para-hydroxylation sites is 1.